The zero-order valence-electron chi connectivity index (χ0n) is 10.9. The minimum Gasteiger partial charge on any atom is -0.376 e. The normalized spacial score (nSPS) is 10.2. The van der Waals surface area contributed by atoms with Gasteiger partial charge in [-0.15, -0.1) is 0 Å². The van der Waals surface area contributed by atoms with Gasteiger partial charge in [0, 0.05) is 5.69 Å². The molecule has 0 bridgehead atoms. The summed E-state index contributed by atoms with van der Waals surface area (Å²) in [6.07, 6.45) is 0. The zero-order chi connectivity index (χ0) is 14.5. The van der Waals surface area contributed by atoms with E-state index in [1.165, 1.54) is 6.07 Å². The molecule has 0 heterocycles. The first-order valence-electron chi connectivity index (χ1n) is 6.10. The molecule has 5 heteroatoms. The second kappa shape index (κ2) is 6.39. The van der Waals surface area contributed by atoms with Gasteiger partial charge in [0.2, 0.25) is 5.91 Å². The number of aryl methyl sites for hydroxylation is 1. The van der Waals surface area contributed by atoms with E-state index in [2.05, 4.69) is 10.6 Å². The topological polar surface area (TPSA) is 41.1 Å². The third kappa shape index (κ3) is 3.71. The molecule has 104 valence electrons. The first kappa shape index (κ1) is 14.3. The van der Waals surface area contributed by atoms with Crippen LogP contribution in [0.25, 0.3) is 0 Å². The van der Waals surface area contributed by atoms with Crippen molar-refractivity contribution in [3.63, 3.8) is 0 Å². The van der Waals surface area contributed by atoms with Gasteiger partial charge in [-0.3, -0.25) is 4.79 Å². The molecule has 0 spiro atoms. The molecule has 0 saturated heterocycles. The smallest absolute Gasteiger partial charge is 0.243 e. The zero-order valence-corrected chi connectivity index (χ0v) is 11.7. The largest absolute Gasteiger partial charge is 0.376 e. The summed E-state index contributed by atoms with van der Waals surface area (Å²) in [5.41, 5.74) is 1.68. The Bertz CT molecular complexity index is 631. The van der Waals surface area contributed by atoms with Crippen molar-refractivity contribution in [1.82, 2.24) is 0 Å². The molecular weight excluding hydrogens is 279 g/mol. The number of carbonyl (C=O) groups excluding carboxylic acids is 1. The maximum atomic E-state index is 13.3. The minimum atomic E-state index is -0.304. The predicted octanol–water partition coefficient (Wildman–Crippen LogP) is 3.84. The summed E-state index contributed by atoms with van der Waals surface area (Å²) in [5, 5.41) is 6.01. The van der Waals surface area contributed by atoms with Crippen LogP contribution in [0.15, 0.2) is 42.5 Å². The van der Waals surface area contributed by atoms with Crippen LogP contribution in [0.1, 0.15) is 5.56 Å². The first-order chi connectivity index (χ1) is 9.56. The van der Waals surface area contributed by atoms with E-state index in [4.69, 9.17) is 11.6 Å². The van der Waals surface area contributed by atoms with Crippen molar-refractivity contribution in [3.05, 3.63) is 58.9 Å². The number of para-hydroxylation sites is 1. The number of carbonyl (C=O) groups is 1. The van der Waals surface area contributed by atoms with E-state index in [1.54, 1.807) is 43.3 Å². The molecular formula is C15H14ClFN2O. The van der Waals surface area contributed by atoms with E-state index < -0.39 is 0 Å². The molecule has 2 N–H and O–H groups in total. The monoisotopic (exact) mass is 292 g/mol. The van der Waals surface area contributed by atoms with Gasteiger partial charge in [0.1, 0.15) is 5.82 Å². The van der Waals surface area contributed by atoms with Gasteiger partial charge in [-0.25, -0.2) is 4.39 Å². The fourth-order valence-electron chi connectivity index (χ4n) is 1.64. The Morgan fingerprint density at radius 2 is 2.00 bits per heavy atom. The van der Waals surface area contributed by atoms with Crippen LogP contribution in [-0.4, -0.2) is 12.5 Å². The Kier molecular flexibility index (Phi) is 4.58. The lowest BCUT2D eigenvalue weighted by Gasteiger charge is -2.09. The van der Waals surface area contributed by atoms with Gasteiger partial charge in [-0.1, -0.05) is 29.8 Å². The summed E-state index contributed by atoms with van der Waals surface area (Å²) in [5.74, 6) is -0.555. The van der Waals surface area contributed by atoms with Crippen LogP contribution in [0, 0.1) is 12.7 Å². The number of amides is 1. The Hall–Kier alpha value is -2.07. The highest BCUT2D eigenvalue weighted by atomic mass is 35.5. The number of nitrogens with one attached hydrogen (secondary N) is 2. The van der Waals surface area contributed by atoms with Crippen molar-refractivity contribution in [2.24, 2.45) is 0 Å². The molecule has 0 atom stereocenters. The number of benzene rings is 2. The highest BCUT2D eigenvalue weighted by Crippen LogP contribution is 2.20. The first-order valence-corrected chi connectivity index (χ1v) is 6.48. The van der Waals surface area contributed by atoms with Gasteiger partial charge in [-0.05, 0) is 36.8 Å². The Morgan fingerprint density at radius 1 is 1.25 bits per heavy atom. The molecule has 2 aromatic carbocycles. The standard InChI is InChI=1S/C15H14ClFN2O/c1-10-6-7-11(8-13(10)17)18-9-15(20)19-14-5-3-2-4-12(14)16/h2-8,18H,9H2,1H3,(H,19,20). The summed E-state index contributed by atoms with van der Waals surface area (Å²) >= 11 is 5.94. The van der Waals surface area contributed by atoms with Crippen LogP contribution in [0.2, 0.25) is 5.02 Å². The predicted molar refractivity (Wildman–Crippen MR) is 79.7 cm³/mol. The van der Waals surface area contributed by atoms with Gasteiger partial charge >= 0.3 is 0 Å². The average molecular weight is 293 g/mol. The van der Waals surface area contributed by atoms with Gasteiger partial charge in [-0.2, -0.15) is 0 Å². The van der Waals surface area contributed by atoms with Gasteiger partial charge in [0.25, 0.3) is 0 Å². The highest BCUT2D eigenvalue weighted by Gasteiger charge is 2.05. The fraction of sp³-hybridized carbons (Fsp3) is 0.133. The van der Waals surface area contributed by atoms with Crippen molar-refractivity contribution < 1.29 is 9.18 Å². The van der Waals surface area contributed by atoms with Crippen molar-refractivity contribution in [2.45, 2.75) is 6.92 Å². The number of hydrogen-bond donors (Lipinski definition) is 2. The molecule has 1 amide bonds. The highest BCUT2D eigenvalue weighted by molar-refractivity contribution is 6.33. The number of hydrogen-bond acceptors (Lipinski definition) is 2. The maximum absolute atomic E-state index is 13.3. The molecule has 0 radical (unpaired) electrons. The van der Waals surface area contributed by atoms with Crippen LogP contribution in [-0.2, 0) is 4.79 Å². The van der Waals surface area contributed by atoms with E-state index >= 15 is 0 Å². The van der Waals surface area contributed by atoms with Crippen LogP contribution >= 0.6 is 11.6 Å². The molecule has 0 unspecified atom stereocenters. The lowest BCUT2D eigenvalue weighted by Crippen LogP contribution is -2.21. The molecule has 3 nitrogen and oxygen atoms in total. The lowest BCUT2D eigenvalue weighted by molar-refractivity contribution is -0.114. The van der Waals surface area contributed by atoms with E-state index in [0.29, 0.717) is 22.0 Å². The average Bonchev–Trinajstić information content (AvgIpc) is 2.43. The third-order valence-corrected chi connectivity index (χ3v) is 3.10. The molecule has 0 aliphatic heterocycles. The van der Waals surface area contributed by atoms with Crippen molar-refractivity contribution in [3.8, 4) is 0 Å². The Labute approximate surface area is 121 Å². The second-order valence-electron chi connectivity index (χ2n) is 4.35. The van der Waals surface area contributed by atoms with Gasteiger partial charge in [0.15, 0.2) is 0 Å². The van der Waals surface area contributed by atoms with E-state index in [9.17, 15) is 9.18 Å². The summed E-state index contributed by atoms with van der Waals surface area (Å²) in [6.45, 7) is 1.72. The molecule has 0 fully saturated rings. The van der Waals surface area contributed by atoms with Crippen LogP contribution in [0.3, 0.4) is 0 Å². The Morgan fingerprint density at radius 3 is 2.70 bits per heavy atom. The second-order valence-corrected chi connectivity index (χ2v) is 4.75. The van der Waals surface area contributed by atoms with Crippen LogP contribution in [0.4, 0.5) is 15.8 Å². The van der Waals surface area contributed by atoms with Crippen molar-refractivity contribution >= 4 is 28.9 Å². The van der Waals surface area contributed by atoms with E-state index in [1.807, 2.05) is 0 Å². The molecule has 0 saturated carbocycles. The summed E-state index contributed by atoms with van der Waals surface area (Å²) in [7, 11) is 0. The number of rotatable bonds is 4. The summed E-state index contributed by atoms with van der Waals surface area (Å²) < 4.78 is 13.3. The molecule has 2 rings (SSSR count). The van der Waals surface area contributed by atoms with Crippen molar-refractivity contribution in [1.29, 1.82) is 0 Å². The van der Waals surface area contributed by atoms with Crippen LogP contribution < -0.4 is 10.6 Å². The summed E-state index contributed by atoms with van der Waals surface area (Å²) in [6, 6.07) is 11.7. The summed E-state index contributed by atoms with van der Waals surface area (Å²) in [4.78, 5) is 11.8. The van der Waals surface area contributed by atoms with Crippen molar-refractivity contribution in [2.75, 3.05) is 17.2 Å². The van der Waals surface area contributed by atoms with Gasteiger partial charge in [0.05, 0.1) is 17.3 Å². The number of halogens is 2. The molecule has 20 heavy (non-hydrogen) atoms. The Balaban J connectivity index is 1.92. The molecule has 0 aliphatic carbocycles. The quantitative estimate of drug-likeness (QED) is 0.899. The third-order valence-electron chi connectivity index (χ3n) is 2.77. The fourth-order valence-corrected chi connectivity index (χ4v) is 1.83. The maximum Gasteiger partial charge on any atom is 0.243 e. The molecule has 2 aromatic rings. The molecule has 0 aromatic heterocycles. The SMILES string of the molecule is Cc1ccc(NCC(=O)Nc2ccccc2Cl)cc1F. The van der Waals surface area contributed by atoms with Crippen LogP contribution in [0.5, 0.6) is 0 Å². The minimum absolute atomic E-state index is 0.0354. The van der Waals surface area contributed by atoms with Gasteiger partial charge < -0.3 is 10.6 Å². The number of anilines is 2. The van der Waals surface area contributed by atoms with E-state index in [0.717, 1.165) is 0 Å². The molecule has 0 aliphatic rings. The van der Waals surface area contributed by atoms with E-state index in [-0.39, 0.29) is 18.3 Å². The lowest BCUT2D eigenvalue weighted by atomic mass is 10.2.